The highest BCUT2D eigenvalue weighted by molar-refractivity contribution is 6.30. The second-order valence-electron chi connectivity index (χ2n) is 3.46. The highest BCUT2D eigenvalue weighted by Gasteiger charge is 2.11. The average molecular weight is 214 g/mol. The van der Waals surface area contributed by atoms with E-state index in [9.17, 15) is 0 Å². The fourth-order valence-electron chi connectivity index (χ4n) is 1.28. The maximum absolute atomic E-state index is 5.79. The van der Waals surface area contributed by atoms with Crippen molar-refractivity contribution in [1.29, 1.82) is 0 Å². The lowest BCUT2D eigenvalue weighted by atomic mass is 10.1. The summed E-state index contributed by atoms with van der Waals surface area (Å²) in [6, 6.07) is 7.59. The summed E-state index contributed by atoms with van der Waals surface area (Å²) in [4.78, 5) is 0. The van der Waals surface area contributed by atoms with Crippen LogP contribution in [0.1, 0.15) is 25.5 Å². The van der Waals surface area contributed by atoms with Gasteiger partial charge in [-0.05, 0) is 31.5 Å². The molecular weight excluding hydrogens is 198 g/mol. The van der Waals surface area contributed by atoms with Crippen LogP contribution in [-0.2, 0) is 4.74 Å². The lowest BCUT2D eigenvalue weighted by Crippen LogP contribution is -2.19. The smallest absolute Gasteiger partial charge is 0.0950 e. The molecule has 1 aromatic rings. The number of halogens is 1. The molecule has 0 fully saturated rings. The van der Waals surface area contributed by atoms with Crippen LogP contribution >= 0.6 is 11.6 Å². The molecule has 0 spiro atoms. The first-order chi connectivity index (χ1) is 6.63. The molecule has 3 heteroatoms. The van der Waals surface area contributed by atoms with Crippen LogP contribution in [0.4, 0.5) is 0 Å². The number of rotatable bonds is 4. The molecule has 2 nitrogen and oxygen atoms in total. The van der Waals surface area contributed by atoms with Gasteiger partial charge in [-0.25, -0.2) is 0 Å². The molecule has 0 radical (unpaired) electrons. The second-order valence-corrected chi connectivity index (χ2v) is 3.90. The van der Waals surface area contributed by atoms with E-state index in [1.807, 2.05) is 38.1 Å². The van der Waals surface area contributed by atoms with Crippen LogP contribution < -0.4 is 5.73 Å². The average Bonchev–Trinajstić information content (AvgIpc) is 2.15. The summed E-state index contributed by atoms with van der Waals surface area (Å²) in [5, 5.41) is 0.731. The van der Waals surface area contributed by atoms with Crippen LogP contribution in [0.3, 0.4) is 0 Å². The molecule has 0 heterocycles. The van der Waals surface area contributed by atoms with Crippen LogP contribution in [0.2, 0.25) is 5.02 Å². The maximum Gasteiger partial charge on any atom is 0.0950 e. The van der Waals surface area contributed by atoms with E-state index in [1.54, 1.807) is 0 Å². The molecule has 0 unspecified atom stereocenters. The SMILES string of the molecule is CC(C)O[C@@H](CN)c1ccc(Cl)cc1. The molecule has 0 aliphatic rings. The number of hydrogen-bond acceptors (Lipinski definition) is 2. The third-order valence-corrected chi connectivity index (χ3v) is 2.14. The van der Waals surface area contributed by atoms with Gasteiger partial charge in [-0.3, -0.25) is 0 Å². The summed E-state index contributed by atoms with van der Waals surface area (Å²) in [7, 11) is 0. The van der Waals surface area contributed by atoms with Gasteiger partial charge in [0.05, 0.1) is 12.2 Å². The summed E-state index contributed by atoms with van der Waals surface area (Å²) in [6.45, 7) is 4.48. The van der Waals surface area contributed by atoms with E-state index in [4.69, 9.17) is 22.1 Å². The number of benzene rings is 1. The summed E-state index contributed by atoms with van der Waals surface area (Å²) in [6.07, 6.45) is 0.145. The maximum atomic E-state index is 5.79. The lowest BCUT2D eigenvalue weighted by Gasteiger charge is -2.19. The van der Waals surface area contributed by atoms with Gasteiger partial charge in [0, 0.05) is 11.6 Å². The molecule has 0 saturated carbocycles. The van der Waals surface area contributed by atoms with Gasteiger partial charge < -0.3 is 10.5 Å². The topological polar surface area (TPSA) is 35.2 Å². The molecule has 2 N–H and O–H groups in total. The standard InChI is InChI=1S/C11H16ClNO/c1-8(2)14-11(7-13)9-3-5-10(12)6-4-9/h3-6,8,11H,7,13H2,1-2H3/t11-/m0/s1. The van der Waals surface area contributed by atoms with Gasteiger partial charge in [-0.15, -0.1) is 0 Å². The van der Waals surface area contributed by atoms with Crippen LogP contribution in [0.5, 0.6) is 0 Å². The highest BCUT2D eigenvalue weighted by Crippen LogP contribution is 2.20. The Balaban J connectivity index is 2.73. The van der Waals surface area contributed by atoms with Crippen molar-refractivity contribution in [2.75, 3.05) is 6.54 Å². The van der Waals surface area contributed by atoms with Crippen LogP contribution in [-0.4, -0.2) is 12.6 Å². The summed E-state index contributed by atoms with van der Waals surface area (Å²) >= 11 is 5.79. The summed E-state index contributed by atoms with van der Waals surface area (Å²) in [5.41, 5.74) is 6.71. The van der Waals surface area contributed by atoms with Crippen LogP contribution in [0, 0.1) is 0 Å². The summed E-state index contributed by atoms with van der Waals surface area (Å²) in [5.74, 6) is 0. The van der Waals surface area contributed by atoms with Crippen LogP contribution in [0.15, 0.2) is 24.3 Å². The van der Waals surface area contributed by atoms with Crippen molar-refractivity contribution in [1.82, 2.24) is 0 Å². The highest BCUT2D eigenvalue weighted by atomic mass is 35.5. The lowest BCUT2D eigenvalue weighted by molar-refractivity contribution is 0.0120. The first-order valence-electron chi connectivity index (χ1n) is 4.74. The van der Waals surface area contributed by atoms with E-state index < -0.39 is 0 Å². The first kappa shape index (κ1) is 11.5. The Morgan fingerprint density at radius 1 is 1.29 bits per heavy atom. The Morgan fingerprint density at radius 3 is 2.29 bits per heavy atom. The minimum absolute atomic E-state index is 0.0349. The van der Waals surface area contributed by atoms with Gasteiger partial charge >= 0.3 is 0 Å². The molecule has 78 valence electrons. The molecule has 0 aliphatic heterocycles. The van der Waals surface area contributed by atoms with E-state index in [-0.39, 0.29) is 12.2 Å². The molecule has 0 saturated heterocycles. The molecule has 1 atom stereocenters. The monoisotopic (exact) mass is 213 g/mol. The molecule has 0 bridgehead atoms. The van der Waals surface area contributed by atoms with Crippen molar-refractivity contribution >= 4 is 11.6 Å². The predicted molar refractivity (Wildman–Crippen MR) is 59.5 cm³/mol. The van der Waals surface area contributed by atoms with Gasteiger partial charge in [0.25, 0.3) is 0 Å². The largest absolute Gasteiger partial charge is 0.370 e. The molecule has 14 heavy (non-hydrogen) atoms. The Bertz CT molecular complexity index is 271. The molecule has 1 rings (SSSR count). The van der Waals surface area contributed by atoms with Gasteiger partial charge in [0.15, 0.2) is 0 Å². The Labute approximate surface area is 90.0 Å². The van der Waals surface area contributed by atoms with E-state index in [0.717, 1.165) is 10.6 Å². The van der Waals surface area contributed by atoms with Crippen LogP contribution in [0.25, 0.3) is 0 Å². The third kappa shape index (κ3) is 3.29. The fraction of sp³-hybridized carbons (Fsp3) is 0.455. The minimum atomic E-state index is -0.0349. The van der Waals surface area contributed by atoms with E-state index in [0.29, 0.717) is 6.54 Å². The van der Waals surface area contributed by atoms with Gasteiger partial charge in [0.2, 0.25) is 0 Å². The van der Waals surface area contributed by atoms with Crippen molar-refractivity contribution in [3.8, 4) is 0 Å². The number of hydrogen-bond donors (Lipinski definition) is 1. The number of ether oxygens (including phenoxy) is 1. The Kier molecular flexibility index (Phi) is 4.39. The van der Waals surface area contributed by atoms with E-state index in [2.05, 4.69) is 0 Å². The van der Waals surface area contributed by atoms with Gasteiger partial charge in [0.1, 0.15) is 0 Å². The third-order valence-electron chi connectivity index (χ3n) is 1.89. The van der Waals surface area contributed by atoms with E-state index in [1.165, 1.54) is 0 Å². The van der Waals surface area contributed by atoms with Crippen molar-refractivity contribution < 1.29 is 4.74 Å². The van der Waals surface area contributed by atoms with Gasteiger partial charge in [-0.1, -0.05) is 23.7 Å². The van der Waals surface area contributed by atoms with Gasteiger partial charge in [-0.2, -0.15) is 0 Å². The first-order valence-corrected chi connectivity index (χ1v) is 5.12. The quantitative estimate of drug-likeness (QED) is 0.835. The Morgan fingerprint density at radius 2 is 1.86 bits per heavy atom. The predicted octanol–water partition coefficient (Wildman–Crippen LogP) is 2.76. The zero-order valence-corrected chi connectivity index (χ0v) is 9.29. The summed E-state index contributed by atoms with van der Waals surface area (Å²) < 4.78 is 5.66. The minimum Gasteiger partial charge on any atom is -0.370 e. The Hall–Kier alpha value is -0.570. The second kappa shape index (κ2) is 5.35. The number of nitrogens with two attached hydrogens (primary N) is 1. The molecule has 0 amide bonds. The molecule has 0 aromatic heterocycles. The van der Waals surface area contributed by atoms with Crippen molar-refractivity contribution in [3.63, 3.8) is 0 Å². The van der Waals surface area contributed by atoms with Crippen molar-refractivity contribution in [3.05, 3.63) is 34.9 Å². The van der Waals surface area contributed by atoms with Crippen molar-refractivity contribution in [2.45, 2.75) is 26.1 Å². The molecule has 1 aromatic carbocycles. The fourth-order valence-corrected chi connectivity index (χ4v) is 1.40. The zero-order valence-electron chi connectivity index (χ0n) is 8.53. The van der Waals surface area contributed by atoms with Crippen molar-refractivity contribution in [2.24, 2.45) is 5.73 Å². The molecule has 0 aliphatic carbocycles. The molecular formula is C11H16ClNO. The zero-order chi connectivity index (χ0) is 10.6. The van der Waals surface area contributed by atoms with E-state index >= 15 is 0 Å². The normalized spacial score (nSPS) is 13.2.